The first-order chi connectivity index (χ1) is 12.9. The number of alkyl halides is 3. The summed E-state index contributed by atoms with van der Waals surface area (Å²) in [6.07, 6.45) is -3.37. The Hall–Kier alpha value is -1.51. The van der Waals surface area contributed by atoms with Crippen LogP contribution in [-0.4, -0.2) is 72.5 Å². The largest absolute Gasteiger partial charge is 0.444 e. The Morgan fingerprint density at radius 1 is 1.00 bits per heavy atom. The summed E-state index contributed by atoms with van der Waals surface area (Å²) < 4.78 is 46.8. The van der Waals surface area contributed by atoms with Gasteiger partial charge in [0.15, 0.2) is 0 Å². The Kier molecular flexibility index (Phi) is 7.22. The number of halogens is 3. The molecule has 0 aromatic carbocycles. The van der Waals surface area contributed by atoms with E-state index in [1.54, 1.807) is 9.80 Å². The van der Waals surface area contributed by atoms with Gasteiger partial charge in [-0.15, -0.1) is 0 Å². The SMILES string of the molecule is C[C@@H](OCC(F)(F)F)C(=O)N1CCC([C@H]2CCN(C(=O)OC(C)(C)C)C2)CC1. The normalized spacial score (nSPS) is 23.0. The fourth-order valence-electron chi connectivity index (χ4n) is 3.80. The highest BCUT2D eigenvalue weighted by Crippen LogP contribution is 2.32. The first-order valence-corrected chi connectivity index (χ1v) is 9.81. The number of hydrogen-bond acceptors (Lipinski definition) is 4. The van der Waals surface area contributed by atoms with Crippen molar-refractivity contribution in [2.75, 3.05) is 32.8 Å². The fraction of sp³-hybridized carbons (Fsp3) is 0.895. The van der Waals surface area contributed by atoms with Gasteiger partial charge in [0.25, 0.3) is 5.91 Å². The van der Waals surface area contributed by atoms with Gasteiger partial charge in [-0.25, -0.2) is 4.79 Å². The molecule has 2 aliphatic rings. The number of rotatable bonds is 4. The van der Waals surface area contributed by atoms with Gasteiger partial charge in [-0.2, -0.15) is 13.2 Å². The third kappa shape index (κ3) is 6.83. The van der Waals surface area contributed by atoms with Gasteiger partial charge in [0.2, 0.25) is 0 Å². The molecule has 28 heavy (non-hydrogen) atoms. The molecular weight excluding hydrogens is 377 g/mol. The first kappa shape index (κ1) is 22.8. The van der Waals surface area contributed by atoms with E-state index in [1.807, 2.05) is 20.8 Å². The third-order valence-corrected chi connectivity index (χ3v) is 5.24. The summed E-state index contributed by atoms with van der Waals surface area (Å²) in [5.74, 6) is 0.357. The highest BCUT2D eigenvalue weighted by molar-refractivity contribution is 5.80. The minimum atomic E-state index is -4.44. The molecule has 2 heterocycles. The minimum absolute atomic E-state index is 0.293. The molecule has 2 atom stereocenters. The third-order valence-electron chi connectivity index (χ3n) is 5.24. The number of ether oxygens (including phenoxy) is 2. The van der Waals surface area contributed by atoms with Crippen LogP contribution in [0.25, 0.3) is 0 Å². The zero-order valence-electron chi connectivity index (χ0n) is 17.1. The highest BCUT2D eigenvalue weighted by atomic mass is 19.4. The van der Waals surface area contributed by atoms with Crippen LogP contribution < -0.4 is 0 Å². The standard InChI is InChI=1S/C19H31F3N2O4/c1-13(27-12-19(20,21)22)16(25)23-8-5-14(6-9-23)15-7-10-24(11-15)17(26)28-18(2,3)4/h13-15H,5-12H2,1-4H3/t13-,15+/m1/s1. The van der Waals surface area contributed by atoms with E-state index in [0.29, 0.717) is 38.0 Å². The van der Waals surface area contributed by atoms with E-state index in [-0.39, 0.29) is 6.09 Å². The van der Waals surface area contributed by atoms with Crippen LogP contribution in [0.1, 0.15) is 47.0 Å². The van der Waals surface area contributed by atoms with Crippen molar-refractivity contribution in [2.24, 2.45) is 11.8 Å². The second-order valence-corrected chi connectivity index (χ2v) is 8.71. The van der Waals surface area contributed by atoms with E-state index < -0.39 is 30.4 Å². The summed E-state index contributed by atoms with van der Waals surface area (Å²) in [5, 5.41) is 0. The van der Waals surface area contributed by atoms with Crippen LogP contribution in [0.3, 0.4) is 0 Å². The van der Waals surface area contributed by atoms with Gasteiger partial charge in [-0.1, -0.05) is 0 Å². The van der Waals surface area contributed by atoms with Crippen molar-refractivity contribution >= 4 is 12.0 Å². The number of piperidine rings is 1. The summed E-state index contributed by atoms with van der Waals surface area (Å²) in [4.78, 5) is 27.8. The summed E-state index contributed by atoms with van der Waals surface area (Å²) in [5.41, 5.74) is -0.522. The smallest absolute Gasteiger partial charge is 0.411 e. The molecule has 0 unspecified atom stereocenters. The van der Waals surface area contributed by atoms with Crippen LogP contribution in [0.5, 0.6) is 0 Å². The molecule has 9 heteroatoms. The molecule has 6 nitrogen and oxygen atoms in total. The van der Waals surface area contributed by atoms with Crippen LogP contribution in [0.2, 0.25) is 0 Å². The Bertz CT molecular complexity index is 554. The monoisotopic (exact) mass is 408 g/mol. The fourth-order valence-corrected chi connectivity index (χ4v) is 3.80. The maximum absolute atomic E-state index is 12.3. The van der Waals surface area contributed by atoms with Gasteiger partial charge >= 0.3 is 12.3 Å². The summed E-state index contributed by atoms with van der Waals surface area (Å²) in [6.45, 7) is 7.78. The zero-order chi connectivity index (χ0) is 21.1. The maximum atomic E-state index is 12.3. The van der Waals surface area contributed by atoms with Crippen LogP contribution >= 0.6 is 0 Å². The highest BCUT2D eigenvalue weighted by Gasteiger charge is 2.37. The molecule has 0 aliphatic carbocycles. The quantitative estimate of drug-likeness (QED) is 0.715. The second kappa shape index (κ2) is 8.88. The minimum Gasteiger partial charge on any atom is -0.444 e. The van der Waals surface area contributed by atoms with E-state index in [4.69, 9.17) is 4.74 Å². The second-order valence-electron chi connectivity index (χ2n) is 8.71. The Balaban J connectivity index is 1.76. The Morgan fingerprint density at radius 3 is 2.07 bits per heavy atom. The Morgan fingerprint density at radius 2 is 1.54 bits per heavy atom. The van der Waals surface area contributed by atoms with Gasteiger partial charge in [-0.3, -0.25) is 4.79 Å². The van der Waals surface area contributed by atoms with E-state index in [1.165, 1.54) is 6.92 Å². The van der Waals surface area contributed by atoms with E-state index >= 15 is 0 Å². The molecule has 0 aromatic rings. The van der Waals surface area contributed by atoms with Gasteiger partial charge < -0.3 is 19.3 Å². The van der Waals surface area contributed by atoms with Crippen molar-refractivity contribution in [3.8, 4) is 0 Å². The van der Waals surface area contributed by atoms with Crippen molar-refractivity contribution < 1.29 is 32.2 Å². The molecule has 162 valence electrons. The zero-order valence-corrected chi connectivity index (χ0v) is 17.1. The Labute approximate surface area is 164 Å². The number of amides is 2. The van der Waals surface area contributed by atoms with Crippen LogP contribution in [0, 0.1) is 11.8 Å². The lowest BCUT2D eigenvalue weighted by atomic mass is 9.83. The average Bonchev–Trinajstić information content (AvgIpc) is 3.07. The summed E-state index contributed by atoms with van der Waals surface area (Å²) in [6, 6.07) is 0. The molecule has 0 N–H and O–H groups in total. The van der Waals surface area contributed by atoms with Crippen molar-refractivity contribution in [1.29, 1.82) is 0 Å². The molecule has 0 spiro atoms. The number of carbonyl (C=O) groups is 2. The van der Waals surface area contributed by atoms with Gasteiger partial charge in [0, 0.05) is 26.2 Å². The van der Waals surface area contributed by atoms with Gasteiger partial charge in [0.1, 0.15) is 18.3 Å². The average molecular weight is 408 g/mol. The molecule has 0 aromatic heterocycles. The van der Waals surface area contributed by atoms with Gasteiger partial charge in [-0.05, 0) is 58.8 Å². The first-order valence-electron chi connectivity index (χ1n) is 9.81. The molecule has 2 amide bonds. The molecule has 0 bridgehead atoms. The summed E-state index contributed by atoms with van der Waals surface area (Å²) in [7, 11) is 0. The van der Waals surface area contributed by atoms with Crippen LogP contribution in [-0.2, 0) is 14.3 Å². The lowest BCUT2D eigenvalue weighted by Crippen LogP contribution is -2.45. The number of likely N-dealkylation sites (tertiary alicyclic amines) is 2. The van der Waals surface area contributed by atoms with Crippen LogP contribution in [0.4, 0.5) is 18.0 Å². The topological polar surface area (TPSA) is 59.1 Å². The maximum Gasteiger partial charge on any atom is 0.411 e. The van der Waals surface area contributed by atoms with Crippen molar-refractivity contribution in [3.63, 3.8) is 0 Å². The van der Waals surface area contributed by atoms with Crippen molar-refractivity contribution in [1.82, 2.24) is 9.80 Å². The summed E-state index contributed by atoms with van der Waals surface area (Å²) >= 11 is 0. The number of nitrogens with zero attached hydrogens (tertiary/aromatic N) is 2. The lowest BCUT2D eigenvalue weighted by molar-refractivity contribution is -0.188. The number of carbonyl (C=O) groups excluding carboxylic acids is 2. The van der Waals surface area contributed by atoms with Crippen LogP contribution in [0.15, 0.2) is 0 Å². The lowest BCUT2D eigenvalue weighted by Gasteiger charge is -2.36. The molecule has 2 saturated heterocycles. The predicted octanol–water partition coefficient (Wildman–Crippen LogP) is 3.45. The van der Waals surface area contributed by atoms with E-state index in [9.17, 15) is 22.8 Å². The molecule has 2 aliphatic heterocycles. The molecule has 2 rings (SSSR count). The van der Waals surface area contributed by atoms with Crippen molar-refractivity contribution in [3.05, 3.63) is 0 Å². The van der Waals surface area contributed by atoms with Gasteiger partial charge in [0.05, 0.1) is 0 Å². The number of hydrogen-bond donors (Lipinski definition) is 0. The van der Waals surface area contributed by atoms with Crippen molar-refractivity contribution in [2.45, 2.75) is 64.8 Å². The van der Waals surface area contributed by atoms with E-state index in [2.05, 4.69) is 4.74 Å². The predicted molar refractivity (Wildman–Crippen MR) is 96.7 cm³/mol. The molecular formula is C19H31F3N2O4. The molecule has 0 radical (unpaired) electrons. The molecule has 0 saturated carbocycles. The molecule has 2 fully saturated rings. The van der Waals surface area contributed by atoms with E-state index in [0.717, 1.165) is 19.3 Å².